The summed E-state index contributed by atoms with van der Waals surface area (Å²) in [5.74, 6) is 3.30. The number of anilines is 1. The third kappa shape index (κ3) is 6.47. The smallest absolute Gasteiger partial charge is 0.191 e. The molecule has 2 N–H and O–H groups in total. The van der Waals surface area contributed by atoms with Gasteiger partial charge in [-0.25, -0.2) is 4.99 Å². The number of thioether (sulfide) groups is 1. The minimum absolute atomic E-state index is 0.676. The number of nitrogens with zero attached hydrogens (tertiary/aromatic N) is 3. The van der Waals surface area contributed by atoms with Gasteiger partial charge in [0, 0.05) is 61.7 Å². The normalized spacial score (nSPS) is 14.9. The van der Waals surface area contributed by atoms with Crippen LogP contribution in [0.4, 0.5) is 5.69 Å². The lowest BCUT2D eigenvalue weighted by molar-refractivity contribution is 0.788. The van der Waals surface area contributed by atoms with E-state index in [2.05, 4.69) is 51.7 Å². The summed E-state index contributed by atoms with van der Waals surface area (Å²) in [7, 11) is 0. The molecule has 1 aliphatic rings. The van der Waals surface area contributed by atoms with Gasteiger partial charge in [-0.1, -0.05) is 18.2 Å². The largest absolute Gasteiger partial charge is 0.370 e. The first-order chi connectivity index (χ1) is 13.3. The second kappa shape index (κ2) is 10.8. The van der Waals surface area contributed by atoms with E-state index in [0.29, 0.717) is 6.54 Å². The minimum atomic E-state index is 0.676. The molecule has 0 atom stereocenters. The molecule has 0 radical (unpaired) electrons. The Labute approximate surface area is 166 Å². The van der Waals surface area contributed by atoms with E-state index in [1.54, 1.807) is 0 Å². The molecule has 6 heteroatoms. The fourth-order valence-electron chi connectivity index (χ4n) is 3.00. The molecule has 0 unspecified atom stereocenters. The van der Waals surface area contributed by atoms with Crippen molar-refractivity contribution in [3.8, 4) is 0 Å². The van der Waals surface area contributed by atoms with Gasteiger partial charge >= 0.3 is 0 Å². The van der Waals surface area contributed by atoms with E-state index in [4.69, 9.17) is 4.99 Å². The SMILES string of the molecule is CCNC(=NCc1ccc(N2CCSCC2)cc1)NCCc1ccccn1. The van der Waals surface area contributed by atoms with Gasteiger partial charge in [-0.3, -0.25) is 4.98 Å². The summed E-state index contributed by atoms with van der Waals surface area (Å²) < 4.78 is 0. The molecular formula is C21H29N5S. The van der Waals surface area contributed by atoms with Crippen molar-refractivity contribution in [1.29, 1.82) is 0 Å². The monoisotopic (exact) mass is 383 g/mol. The van der Waals surface area contributed by atoms with Crippen molar-refractivity contribution in [3.63, 3.8) is 0 Å². The molecular weight excluding hydrogens is 354 g/mol. The van der Waals surface area contributed by atoms with Gasteiger partial charge in [0.1, 0.15) is 0 Å². The number of pyridine rings is 1. The predicted molar refractivity (Wildman–Crippen MR) is 117 cm³/mol. The van der Waals surface area contributed by atoms with Gasteiger partial charge in [-0.15, -0.1) is 0 Å². The van der Waals surface area contributed by atoms with Crippen molar-refractivity contribution < 1.29 is 0 Å². The zero-order valence-electron chi connectivity index (χ0n) is 16.0. The molecule has 5 nitrogen and oxygen atoms in total. The molecule has 2 aromatic rings. The molecule has 3 rings (SSSR count). The lowest BCUT2D eigenvalue weighted by Gasteiger charge is -2.28. The molecule has 0 amide bonds. The average Bonchev–Trinajstić information content (AvgIpc) is 2.74. The Morgan fingerprint density at radius 3 is 2.63 bits per heavy atom. The molecule has 0 aliphatic carbocycles. The quantitative estimate of drug-likeness (QED) is 0.569. The maximum Gasteiger partial charge on any atom is 0.191 e. The van der Waals surface area contributed by atoms with Crippen molar-refractivity contribution in [2.24, 2.45) is 4.99 Å². The zero-order valence-corrected chi connectivity index (χ0v) is 16.8. The van der Waals surface area contributed by atoms with Crippen LogP contribution in [0, 0.1) is 0 Å². The van der Waals surface area contributed by atoms with Gasteiger partial charge in [-0.05, 0) is 36.8 Å². The molecule has 0 bridgehead atoms. The summed E-state index contributed by atoms with van der Waals surface area (Å²) in [6.07, 6.45) is 2.72. The zero-order chi connectivity index (χ0) is 18.7. The fourth-order valence-corrected chi connectivity index (χ4v) is 3.90. The van der Waals surface area contributed by atoms with Crippen LogP contribution < -0.4 is 15.5 Å². The van der Waals surface area contributed by atoms with Crippen LogP contribution in [-0.2, 0) is 13.0 Å². The van der Waals surface area contributed by atoms with Crippen molar-refractivity contribution in [3.05, 3.63) is 59.9 Å². The Bertz CT molecular complexity index is 696. The van der Waals surface area contributed by atoms with E-state index in [0.717, 1.165) is 44.3 Å². The minimum Gasteiger partial charge on any atom is -0.370 e. The van der Waals surface area contributed by atoms with E-state index in [9.17, 15) is 0 Å². The Hall–Kier alpha value is -2.21. The average molecular weight is 384 g/mol. The third-order valence-corrected chi connectivity index (χ3v) is 5.42. The first kappa shape index (κ1) is 19.5. The highest BCUT2D eigenvalue weighted by atomic mass is 32.2. The summed E-state index contributed by atoms with van der Waals surface area (Å²) in [5, 5.41) is 6.70. The summed E-state index contributed by atoms with van der Waals surface area (Å²) in [4.78, 5) is 11.5. The topological polar surface area (TPSA) is 52.6 Å². The van der Waals surface area contributed by atoms with E-state index in [1.807, 2.05) is 36.2 Å². The van der Waals surface area contributed by atoms with Crippen molar-refractivity contribution >= 4 is 23.4 Å². The maximum absolute atomic E-state index is 4.71. The van der Waals surface area contributed by atoms with Crippen LogP contribution in [0.3, 0.4) is 0 Å². The number of aromatic nitrogens is 1. The third-order valence-electron chi connectivity index (χ3n) is 4.48. The molecule has 1 aromatic carbocycles. The molecule has 0 saturated carbocycles. The maximum atomic E-state index is 4.71. The molecule has 27 heavy (non-hydrogen) atoms. The predicted octanol–water partition coefficient (Wildman–Crippen LogP) is 2.93. The summed E-state index contributed by atoms with van der Waals surface area (Å²) in [5.41, 5.74) is 3.64. The Kier molecular flexibility index (Phi) is 7.84. The Balaban J connectivity index is 1.51. The van der Waals surface area contributed by atoms with Crippen molar-refractivity contribution in [2.45, 2.75) is 19.9 Å². The Morgan fingerprint density at radius 1 is 1.11 bits per heavy atom. The summed E-state index contributed by atoms with van der Waals surface area (Å²) >= 11 is 2.04. The van der Waals surface area contributed by atoms with E-state index >= 15 is 0 Å². The molecule has 1 aromatic heterocycles. The van der Waals surface area contributed by atoms with Crippen LogP contribution >= 0.6 is 11.8 Å². The summed E-state index contributed by atoms with van der Waals surface area (Å²) in [6.45, 7) is 6.71. The number of benzene rings is 1. The summed E-state index contributed by atoms with van der Waals surface area (Å²) in [6, 6.07) is 14.8. The highest BCUT2D eigenvalue weighted by Gasteiger charge is 2.10. The van der Waals surface area contributed by atoms with Gasteiger partial charge in [0.25, 0.3) is 0 Å². The van der Waals surface area contributed by atoms with E-state index in [-0.39, 0.29) is 0 Å². The first-order valence-electron chi connectivity index (χ1n) is 9.69. The molecule has 1 saturated heterocycles. The second-order valence-corrected chi connectivity index (χ2v) is 7.68. The van der Waals surface area contributed by atoms with Gasteiger partial charge in [0.15, 0.2) is 5.96 Å². The van der Waals surface area contributed by atoms with Gasteiger partial charge in [0.2, 0.25) is 0 Å². The number of hydrogen-bond donors (Lipinski definition) is 2. The van der Waals surface area contributed by atoms with Crippen LogP contribution in [0.2, 0.25) is 0 Å². The molecule has 0 spiro atoms. The number of guanidine groups is 1. The van der Waals surface area contributed by atoms with Gasteiger partial charge in [-0.2, -0.15) is 11.8 Å². The first-order valence-corrected chi connectivity index (χ1v) is 10.8. The second-order valence-electron chi connectivity index (χ2n) is 6.46. The van der Waals surface area contributed by atoms with Gasteiger partial charge < -0.3 is 15.5 Å². The lowest BCUT2D eigenvalue weighted by atomic mass is 10.2. The Morgan fingerprint density at radius 2 is 1.93 bits per heavy atom. The number of rotatable bonds is 7. The van der Waals surface area contributed by atoms with Crippen LogP contribution in [0.25, 0.3) is 0 Å². The number of hydrogen-bond acceptors (Lipinski definition) is 4. The molecule has 1 fully saturated rings. The fraction of sp³-hybridized carbons (Fsp3) is 0.429. The highest BCUT2D eigenvalue weighted by Crippen LogP contribution is 2.20. The van der Waals surface area contributed by atoms with Crippen molar-refractivity contribution in [1.82, 2.24) is 15.6 Å². The standard InChI is InChI=1S/C21H29N5S/c1-2-22-21(24-12-10-19-5-3-4-11-23-19)25-17-18-6-8-20(9-7-18)26-13-15-27-16-14-26/h3-9,11H,2,10,12-17H2,1H3,(H2,22,24,25). The van der Waals surface area contributed by atoms with Crippen LogP contribution in [0.1, 0.15) is 18.2 Å². The van der Waals surface area contributed by atoms with Crippen LogP contribution in [0.5, 0.6) is 0 Å². The highest BCUT2D eigenvalue weighted by molar-refractivity contribution is 7.99. The lowest BCUT2D eigenvalue weighted by Crippen LogP contribution is -2.38. The van der Waals surface area contributed by atoms with Crippen LogP contribution in [0.15, 0.2) is 53.7 Å². The van der Waals surface area contributed by atoms with Crippen LogP contribution in [-0.4, -0.2) is 48.6 Å². The van der Waals surface area contributed by atoms with Gasteiger partial charge in [0.05, 0.1) is 6.54 Å². The number of nitrogens with one attached hydrogen (secondary N) is 2. The van der Waals surface area contributed by atoms with E-state index < -0.39 is 0 Å². The molecule has 2 heterocycles. The molecule has 144 valence electrons. The van der Waals surface area contributed by atoms with E-state index in [1.165, 1.54) is 22.8 Å². The number of aliphatic imine (C=N–C) groups is 1. The molecule has 1 aliphatic heterocycles. The van der Waals surface area contributed by atoms with Crippen molar-refractivity contribution in [2.75, 3.05) is 42.6 Å².